The van der Waals surface area contributed by atoms with Crippen molar-refractivity contribution < 1.29 is 9.90 Å². The predicted octanol–water partition coefficient (Wildman–Crippen LogP) is 3.69. The highest BCUT2D eigenvalue weighted by atomic mass is 16.3. The molecule has 1 heterocycles. The Balaban J connectivity index is 1.94. The highest BCUT2D eigenvalue weighted by molar-refractivity contribution is 6.21. The molecule has 0 spiro atoms. The van der Waals surface area contributed by atoms with Gasteiger partial charge in [-0.3, -0.25) is 4.79 Å². The maximum absolute atomic E-state index is 12.5. The van der Waals surface area contributed by atoms with Crippen LogP contribution in [-0.2, 0) is 17.9 Å². The SMILES string of the molecule is Cc1ccc(CN/C=C2\C(=O)NCc3c(C)c(C)c(C)c(C)c32)cc1O. The molecule has 1 aliphatic rings. The average Bonchev–Trinajstić information content (AvgIpc) is 2.62. The lowest BCUT2D eigenvalue weighted by molar-refractivity contribution is -0.116. The average molecular weight is 350 g/mol. The number of nitrogens with one attached hydrogen (secondary N) is 2. The van der Waals surface area contributed by atoms with Crippen molar-refractivity contribution in [3.63, 3.8) is 0 Å². The quantitative estimate of drug-likeness (QED) is 0.740. The number of benzene rings is 2. The van der Waals surface area contributed by atoms with Gasteiger partial charge in [-0.25, -0.2) is 0 Å². The summed E-state index contributed by atoms with van der Waals surface area (Å²) in [6.07, 6.45) is 1.80. The van der Waals surface area contributed by atoms with Gasteiger partial charge in [0.05, 0.1) is 5.57 Å². The van der Waals surface area contributed by atoms with Gasteiger partial charge in [0.2, 0.25) is 0 Å². The lowest BCUT2D eigenvalue weighted by Crippen LogP contribution is -2.32. The molecule has 3 rings (SSSR count). The van der Waals surface area contributed by atoms with Crippen molar-refractivity contribution in [2.24, 2.45) is 0 Å². The normalized spacial score (nSPS) is 15.0. The zero-order valence-corrected chi connectivity index (χ0v) is 16.1. The first-order valence-corrected chi connectivity index (χ1v) is 8.91. The van der Waals surface area contributed by atoms with Crippen LogP contribution < -0.4 is 10.6 Å². The summed E-state index contributed by atoms with van der Waals surface area (Å²) in [6, 6.07) is 5.61. The van der Waals surface area contributed by atoms with E-state index in [1.165, 1.54) is 27.8 Å². The fourth-order valence-corrected chi connectivity index (χ4v) is 3.53. The van der Waals surface area contributed by atoms with Gasteiger partial charge in [0, 0.05) is 19.3 Å². The van der Waals surface area contributed by atoms with Gasteiger partial charge in [-0.15, -0.1) is 0 Å². The van der Waals surface area contributed by atoms with Crippen molar-refractivity contribution in [2.75, 3.05) is 0 Å². The number of aryl methyl sites for hydroxylation is 1. The van der Waals surface area contributed by atoms with Gasteiger partial charge in [0.15, 0.2) is 0 Å². The molecule has 2 aromatic carbocycles. The van der Waals surface area contributed by atoms with E-state index < -0.39 is 0 Å². The number of rotatable bonds is 3. The molecule has 2 aromatic rings. The molecule has 0 aromatic heterocycles. The van der Waals surface area contributed by atoms with Crippen LogP contribution in [0.2, 0.25) is 0 Å². The summed E-state index contributed by atoms with van der Waals surface area (Å²) in [5.41, 5.74) is 9.69. The van der Waals surface area contributed by atoms with Crippen molar-refractivity contribution in [3.05, 3.63) is 68.9 Å². The first-order valence-electron chi connectivity index (χ1n) is 8.91. The van der Waals surface area contributed by atoms with Gasteiger partial charge < -0.3 is 15.7 Å². The lowest BCUT2D eigenvalue weighted by Gasteiger charge is -2.26. The number of amides is 1. The van der Waals surface area contributed by atoms with E-state index in [1.54, 1.807) is 12.3 Å². The van der Waals surface area contributed by atoms with Gasteiger partial charge in [-0.2, -0.15) is 0 Å². The van der Waals surface area contributed by atoms with Crippen molar-refractivity contribution >= 4 is 11.5 Å². The van der Waals surface area contributed by atoms with E-state index in [-0.39, 0.29) is 11.7 Å². The molecule has 0 bridgehead atoms. The van der Waals surface area contributed by atoms with Crippen LogP contribution in [0.15, 0.2) is 24.4 Å². The number of fused-ring (bicyclic) bond motifs is 1. The molecular weight excluding hydrogens is 324 g/mol. The van der Waals surface area contributed by atoms with E-state index in [2.05, 4.69) is 38.3 Å². The van der Waals surface area contributed by atoms with Crippen molar-refractivity contribution in [1.82, 2.24) is 10.6 Å². The summed E-state index contributed by atoms with van der Waals surface area (Å²) < 4.78 is 0. The van der Waals surface area contributed by atoms with Crippen LogP contribution >= 0.6 is 0 Å². The molecule has 1 aliphatic heterocycles. The highest BCUT2D eigenvalue weighted by Crippen LogP contribution is 2.34. The Hall–Kier alpha value is -2.75. The summed E-state index contributed by atoms with van der Waals surface area (Å²) in [4.78, 5) is 12.5. The first kappa shape index (κ1) is 18.1. The number of carbonyl (C=O) groups excluding carboxylic acids is 1. The molecule has 3 N–H and O–H groups in total. The minimum absolute atomic E-state index is 0.0532. The Labute approximate surface area is 154 Å². The van der Waals surface area contributed by atoms with Crippen molar-refractivity contribution in [2.45, 2.75) is 47.7 Å². The second kappa shape index (κ2) is 6.87. The van der Waals surface area contributed by atoms with Gasteiger partial charge in [-0.05, 0) is 85.2 Å². The van der Waals surface area contributed by atoms with Crippen LogP contribution in [0.4, 0.5) is 0 Å². The Kier molecular flexibility index (Phi) is 4.77. The first-order chi connectivity index (χ1) is 12.3. The fourth-order valence-electron chi connectivity index (χ4n) is 3.53. The van der Waals surface area contributed by atoms with E-state index in [9.17, 15) is 9.90 Å². The zero-order valence-electron chi connectivity index (χ0n) is 16.1. The van der Waals surface area contributed by atoms with E-state index in [1.807, 2.05) is 19.1 Å². The smallest absolute Gasteiger partial charge is 0.253 e. The number of aromatic hydroxyl groups is 1. The number of phenolic OH excluding ortho intramolecular Hbond substituents is 1. The Morgan fingerprint density at radius 1 is 1.08 bits per heavy atom. The minimum Gasteiger partial charge on any atom is -0.508 e. The molecule has 26 heavy (non-hydrogen) atoms. The second-order valence-corrected chi connectivity index (χ2v) is 7.10. The van der Waals surface area contributed by atoms with Crippen molar-refractivity contribution in [3.8, 4) is 5.75 Å². The molecule has 136 valence electrons. The fraction of sp³-hybridized carbons (Fsp3) is 0.318. The molecule has 0 unspecified atom stereocenters. The van der Waals surface area contributed by atoms with Gasteiger partial charge in [0.1, 0.15) is 5.75 Å². The number of carbonyl (C=O) groups is 1. The zero-order chi connectivity index (χ0) is 19.0. The minimum atomic E-state index is -0.0532. The Bertz CT molecular complexity index is 926. The lowest BCUT2D eigenvalue weighted by atomic mass is 9.83. The van der Waals surface area contributed by atoms with Gasteiger partial charge in [-0.1, -0.05) is 12.1 Å². The Morgan fingerprint density at radius 2 is 1.77 bits per heavy atom. The molecule has 0 radical (unpaired) electrons. The van der Waals surface area contributed by atoms with Crippen molar-refractivity contribution in [1.29, 1.82) is 0 Å². The standard InChI is InChI=1S/C22H26N2O2/c1-12-6-7-17(8-20(12)25)9-23-10-19-21-16(5)14(3)13(2)15(4)18(21)11-24-22(19)26/h6-8,10,23,25H,9,11H2,1-5H3,(H,24,26)/b19-10-. The molecule has 0 fully saturated rings. The highest BCUT2D eigenvalue weighted by Gasteiger charge is 2.26. The molecule has 4 heteroatoms. The molecule has 4 nitrogen and oxygen atoms in total. The third kappa shape index (κ3) is 3.07. The maximum Gasteiger partial charge on any atom is 0.253 e. The molecular formula is C22H26N2O2. The summed E-state index contributed by atoms with van der Waals surface area (Å²) in [7, 11) is 0. The number of phenols is 1. The van der Waals surface area contributed by atoms with Crippen LogP contribution in [0, 0.1) is 34.6 Å². The molecule has 0 aliphatic carbocycles. The molecule has 0 saturated heterocycles. The summed E-state index contributed by atoms with van der Waals surface area (Å²) in [6.45, 7) is 11.5. The third-order valence-electron chi connectivity index (χ3n) is 5.58. The monoisotopic (exact) mass is 350 g/mol. The van der Waals surface area contributed by atoms with Crippen LogP contribution in [0.5, 0.6) is 5.75 Å². The van der Waals surface area contributed by atoms with Gasteiger partial charge in [0.25, 0.3) is 5.91 Å². The molecule has 0 atom stereocenters. The second-order valence-electron chi connectivity index (χ2n) is 7.10. The van der Waals surface area contributed by atoms with E-state index in [0.717, 1.165) is 16.7 Å². The van der Waals surface area contributed by atoms with E-state index in [4.69, 9.17) is 0 Å². The molecule has 0 saturated carbocycles. The van der Waals surface area contributed by atoms with Crippen LogP contribution in [-0.4, -0.2) is 11.0 Å². The van der Waals surface area contributed by atoms with E-state index in [0.29, 0.717) is 18.7 Å². The largest absolute Gasteiger partial charge is 0.508 e. The topological polar surface area (TPSA) is 61.4 Å². The van der Waals surface area contributed by atoms with Gasteiger partial charge >= 0.3 is 0 Å². The summed E-state index contributed by atoms with van der Waals surface area (Å²) in [5.74, 6) is 0.234. The predicted molar refractivity (Wildman–Crippen MR) is 105 cm³/mol. The molecule has 1 amide bonds. The van der Waals surface area contributed by atoms with Crippen LogP contribution in [0.3, 0.4) is 0 Å². The number of hydrogen-bond acceptors (Lipinski definition) is 3. The maximum atomic E-state index is 12.5. The summed E-state index contributed by atoms with van der Waals surface area (Å²) >= 11 is 0. The third-order valence-corrected chi connectivity index (χ3v) is 5.58. The Morgan fingerprint density at radius 3 is 2.46 bits per heavy atom. The van der Waals surface area contributed by atoms with Crippen LogP contribution in [0.1, 0.15) is 44.5 Å². The van der Waals surface area contributed by atoms with Crippen LogP contribution in [0.25, 0.3) is 5.57 Å². The summed E-state index contributed by atoms with van der Waals surface area (Å²) in [5, 5.41) is 16.1. The number of hydrogen-bond donors (Lipinski definition) is 3. The van der Waals surface area contributed by atoms with E-state index >= 15 is 0 Å².